The van der Waals surface area contributed by atoms with Gasteiger partial charge in [0.25, 0.3) is 0 Å². The van der Waals surface area contributed by atoms with Crippen molar-refractivity contribution in [3.63, 3.8) is 0 Å². The molecule has 0 heterocycles. The monoisotopic (exact) mass is 356 g/mol. The summed E-state index contributed by atoms with van der Waals surface area (Å²) in [5.74, 6) is 0. The molecule has 0 aliphatic heterocycles. The molecule has 4 heteroatoms. The highest BCUT2D eigenvalue weighted by atomic mass is 79.9. The number of aryl methyl sites for hydroxylation is 1. The van der Waals surface area contributed by atoms with E-state index in [9.17, 15) is 4.79 Å². The molecule has 0 amide bonds. The average Bonchev–Trinajstić information content (AvgIpc) is 2.51. The molecule has 1 rings (SSSR count). The van der Waals surface area contributed by atoms with Gasteiger partial charge in [0.2, 0.25) is 0 Å². The lowest BCUT2D eigenvalue weighted by Gasteiger charge is -2.07. The zero-order valence-electron chi connectivity index (χ0n) is 12.8. The summed E-state index contributed by atoms with van der Waals surface area (Å²) < 4.78 is 10.1. The predicted octanol–water partition coefficient (Wildman–Crippen LogP) is 5.25. The van der Waals surface area contributed by atoms with E-state index in [1.165, 1.54) is 18.4 Å². The summed E-state index contributed by atoms with van der Waals surface area (Å²) in [6.45, 7) is 2.89. The lowest BCUT2D eigenvalue weighted by atomic mass is 10.1. The smallest absolute Gasteiger partial charge is 0.434 e. The molecule has 118 valence electrons. The Morgan fingerprint density at radius 2 is 1.71 bits per heavy atom. The molecule has 0 saturated carbocycles. The Morgan fingerprint density at radius 3 is 2.38 bits per heavy atom. The third kappa shape index (κ3) is 8.76. The maximum absolute atomic E-state index is 11.4. The normalized spacial score (nSPS) is 10.4. The van der Waals surface area contributed by atoms with E-state index in [2.05, 4.69) is 35.0 Å². The molecule has 0 radical (unpaired) electrons. The van der Waals surface area contributed by atoms with Gasteiger partial charge in [-0.1, -0.05) is 53.5 Å². The second kappa shape index (κ2) is 11.6. The lowest BCUT2D eigenvalue weighted by Crippen LogP contribution is -2.08. The van der Waals surface area contributed by atoms with Gasteiger partial charge in [0.15, 0.2) is 0 Å². The topological polar surface area (TPSA) is 35.5 Å². The molecule has 1 aromatic rings. The first-order chi connectivity index (χ1) is 10.3. The molecular formula is C17H25BrO3. The van der Waals surface area contributed by atoms with Crippen molar-refractivity contribution in [2.24, 2.45) is 0 Å². The Labute approximate surface area is 136 Å². The summed E-state index contributed by atoms with van der Waals surface area (Å²) in [6.07, 6.45) is 5.97. The van der Waals surface area contributed by atoms with Gasteiger partial charge in [0.05, 0.1) is 6.61 Å². The maximum atomic E-state index is 11.4. The van der Waals surface area contributed by atoms with Gasteiger partial charge in [-0.15, -0.1) is 0 Å². The molecule has 0 atom stereocenters. The fourth-order valence-corrected chi connectivity index (χ4v) is 2.29. The number of benzene rings is 1. The number of carbonyl (C=O) groups excluding carboxylic acids is 1. The number of ether oxygens (including phenoxy) is 2. The fourth-order valence-electron chi connectivity index (χ4n) is 1.90. The molecule has 0 fully saturated rings. The van der Waals surface area contributed by atoms with Gasteiger partial charge >= 0.3 is 6.16 Å². The standard InChI is InChI=1S/C17H25BrO3/c1-2-3-7-15-8-10-16(11-9-15)14-21-17(19)20-13-6-4-5-12-18/h8-11H,2-7,12-14H2,1H3. The molecule has 0 saturated heterocycles. The zero-order valence-corrected chi connectivity index (χ0v) is 14.4. The van der Waals surface area contributed by atoms with Crippen molar-refractivity contribution in [3.8, 4) is 0 Å². The minimum absolute atomic E-state index is 0.272. The first kappa shape index (κ1) is 18.0. The van der Waals surface area contributed by atoms with Crippen LogP contribution in [0.15, 0.2) is 24.3 Å². The molecule has 0 aliphatic rings. The van der Waals surface area contributed by atoms with Crippen molar-refractivity contribution in [2.75, 3.05) is 11.9 Å². The lowest BCUT2D eigenvalue weighted by molar-refractivity contribution is 0.0488. The van der Waals surface area contributed by atoms with Crippen LogP contribution in [-0.2, 0) is 22.5 Å². The van der Waals surface area contributed by atoms with Gasteiger partial charge in [-0.3, -0.25) is 0 Å². The van der Waals surface area contributed by atoms with Crippen molar-refractivity contribution >= 4 is 22.1 Å². The maximum Gasteiger partial charge on any atom is 0.508 e. The summed E-state index contributed by atoms with van der Waals surface area (Å²) >= 11 is 3.37. The molecule has 21 heavy (non-hydrogen) atoms. The number of hydrogen-bond donors (Lipinski definition) is 0. The van der Waals surface area contributed by atoms with E-state index in [4.69, 9.17) is 9.47 Å². The molecule has 0 spiro atoms. The van der Waals surface area contributed by atoms with Crippen molar-refractivity contribution in [2.45, 2.75) is 52.1 Å². The first-order valence-electron chi connectivity index (χ1n) is 7.69. The van der Waals surface area contributed by atoms with E-state index >= 15 is 0 Å². The van der Waals surface area contributed by atoms with Crippen molar-refractivity contribution < 1.29 is 14.3 Å². The number of unbranched alkanes of at least 4 members (excludes halogenated alkanes) is 3. The highest BCUT2D eigenvalue weighted by Gasteiger charge is 2.04. The quantitative estimate of drug-likeness (QED) is 0.326. The summed E-state index contributed by atoms with van der Waals surface area (Å²) in [5.41, 5.74) is 2.32. The molecule has 0 aliphatic carbocycles. The average molecular weight is 357 g/mol. The van der Waals surface area contributed by atoms with Gasteiger partial charge in [0, 0.05) is 5.33 Å². The minimum Gasteiger partial charge on any atom is -0.434 e. The van der Waals surface area contributed by atoms with Crippen LogP contribution in [0.5, 0.6) is 0 Å². The Balaban J connectivity index is 2.17. The van der Waals surface area contributed by atoms with E-state index in [0.717, 1.165) is 36.6 Å². The fraction of sp³-hybridized carbons (Fsp3) is 0.588. The highest BCUT2D eigenvalue weighted by Crippen LogP contribution is 2.09. The third-order valence-corrected chi connectivity index (χ3v) is 3.76. The van der Waals surface area contributed by atoms with E-state index < -0.39 is 6.16 Å². The van der Waals surface area contributed by atoms with Gasteiger partial charge in [0.1, 0.15) is 6.61 Å². The molecule has 3 nitrogen and oxygen atoms in total. The van der Waals surface area contributed by atoms with E-state index in [1.54, 1.807) is 0 Å². The number of hydrogen-bond acceptors (Lipinski definition) is 3. The summed E-state index contributed by atoms with van der Waals surface area (Å²) in [4.78, 5) is 11.4. The molecule has 1 aromatic carbocycles. The van der Waals surface area contributed by atoms with Gasteiger partial charge < -0.3 is 9.47 Å². The van der Waals surface area contributed by atoms with Gasteiger partial charge in [-0.05, 0) is 43.2 Å². The van der Waals surface area contributed by atoms with Crippen molar-refractivity contribution in [1.29, 1.82) is 0 Å². The second-order valence-electron chi connectivity index (χ2n) is 5.06. The predicted molar refractivity (Wildman–Crippen MR) is 88.8 cm³/mol. The van der Waals surface area contributed by atoms with Gasteiger partial charge in [-0.2, -0.15) is 0 Å². The largest absolute Gasteiger partial charge is 0.508 e. The zero-order chi connectivity index (χ0) is 15.3. The molecule has 0 unspecified atom stereocenters. The summed E-state index contributed by atoms with van der Waals surface area (Å²) in [6, 6.07) is 8.21. The van der Waals surface area contributed by atoms with E-state index in [0.29, 0.717) is 6.61 Å². The SMILES string of the molecule is CCCCc1ccc(COC(=O)OCCCCCBr)cc1. The Bertz CT molecular complexity index is 390. The van der Waals surface area contributed by atoms with E-state index in [-0.39, 0.29) is 6.61 Å². The molecule has 0 bridgehead atoms. The number of rotatable bonds is 10. The molecule has 0 aromatic heterocycles. The Kier molecular flexibility index (Phi) is 9.96. The van der Waals surface area contributed by atoms with Crippen molar-refractivity contribution in [3.05, 3.63) is 35.4 Å². The number of alkyl halides is 1. The van der Waals surface area contributed by atoms with E-state index in [1.807, 2.05) is 12.1 Å². The van der Waals surface area contributed by atoms with Crippen LogP contribution in [-0.4, -0.2) is 18.1 Å². The Hall–Kier alpha value is -1.03. The number of carbonyl (C=O) groups is 1. The molecular weight excluding hydrogens is 332 g/mol. The van der Waals surface area contributed by atoms with Crippen LogP contribution in [0.3, 0.4) is 0 Å². The summed E-state index contributed by atoms with van der Waals surface area (Å²) in [7, 11) is 0. The second-order valence-corrected chi connectivity index (χ2v) is 5.85. The number of halogens is 1. The van der Waals surface area contributed by atoms with Crippen LogP contribution in [0.1, 0.15) is 50.2 Å². The van der Waals surface area contributed by atoms with Crippen LogP contribution >= 0.6 is 15.9 Å². The van der Waals surface area contributed by atoms with Crippen LogP contribution in [0.4, 0.5) is 4.79 Å². The highest BCUT2D eigenvalue weighted by molar-refractivity contribution is 9.09. The third-order valence-electron chi connectivity index (χ3n) is 3.20. The first-order valence-corrected chi connectivity index (χ1v) is 8.81. The minimum atomic E-state index is -0.580. The van der Waals surface area contributed by atoms with Crippen molar-refractivity contribution in [1.82, 2.24) is 0 Å². The van der Waals surface area contributed by atoms with Crippen LogP contribution in [0.25, 0.3) is 0 Å². The molecule has 0 N–H and O–H groups in total. The van der Waals surface area contributed by atoms with Crippen LogP contribution in [0.2, 0.25) is 0 Å². The van der Waals surface area contributed by atoms with Crippen LogP contribution < -0.4 is 0 Å². The van der Waals surface area contributed by atoms with Crippen LogP contribution in [0, 0.1) is 0 Å². The van der Waals surface area contributed by atoms with Gasteiger partial charge in [-0.25, -0.2) is 4.79 Å². The summed E-state index contributed by atoms with van der Waals surface area (Å²) in [5, 5.41) is 0.992. The Morgan fingerprint density at radius 1 is 1.00 bits per heavy atom.